The molecule has 2 bridgehead atoms. The molecule has 144 valence electrons. The van der Waals surface area contributed by atoms with Crippen LogP contribution in [0.2, 0.25) is 0 Å². The van der Waals surface area contributed by atoms with Crippen molar-refractivity contribution in [3.63, 3.8) is 0 Å². The Bertz CT molecular complexity index is 1030. The fourth-order valence-electron chi connectivity index (χ4n) is 4.52. The summed E-state index contributed by atoms with van der Waals surface area (Å²) in [6.07, 6.45) is 13.4. The van der Waals surface area contributed by atoms with Gasteiger partial charge >= 0.3 is 0 Å². The van der Waals surface area contributed by atoms with Crippen LogP contribution in [0.1, 0.15) is 44.0 Å². The first kappa shape index (κ1) is 17.6. The summed E-state index contributed by atoms with van der Waals surface area (Å²) in [5.74, 6) is 0.200. The predicted octanol–water partition coefficient (Wildman–Crippen LogP) is 4.17. The number of phenolic OH excluding ortho intramolecular Hbond substituents is 1. The minimum atomic E-state index is 0.200. The maximum atomic E-state index is 10.5. The Kier molecular flexibility index (Phi) is 4.29. The molecule has 5 rings (SSSR count). The topological polar surface area (TPSA) is 75.9 Å². The number of hydrogen-bond acceptors (Lipinski definition) is 6. The lowest BCUT2D eigenvalue weighted by Crippen LogP contribution is -2.55. The third-order valence-corrected chi connectivity index (χ3v) is 6.65. The number of fused-ring (bicyclic) bond motifs is 2. The molecule has 0 radical (unpaired) electrons. The summed E-state index contributed by atoms with van der Waals surface area (Å²) in [4.78, 5) is 4.04. The molecule has 2 aliphatic heterocycles. The molecule has 28 heavy (non-hydrogen) atoms. The lowest BCUT2D eigenvalue weighted by atomic mass is 9.75. The highest BCUT2D eigenvalue weighted by Crippen LogP contribution is 2.38. The minimum absolute atomic E-state index is 0.200. The second kappa shape index (κ2) is 6.83. The van der Waals surface area contributed by atoms with E-state index in [1.54, 1.807) is 18.6 Å². The van der Waals surface area contributed by atoms with Gasteiger partial charge in [-0.2, -0.15) is 0 Å². The Morgan fingerprint density at radius 2 is 2.29 bits per heavy atom. The van der Waals surface area contributed by atoms with Gasteiger partial charge in [0.15, 0.2) is 5.01 Å². The quantitative estimate of drug-likeness (QED) is 0.698. The van der Waals surface area contributed by atoms with Gasteiger partial charge in [-0.3, -0.25) is 0 Å². The number of aromatic hydroxyl groups is 1. The third-order valence-electron chi connectivity index (χ3n) is 5.74. The van der Waals surface area contributed by atoms with E-state index in [-0.39, 0.29) is 11.3 Å². The Morgan fingerprint density at radius 3 is 3.07 bits per heavy atom. The van der Waals surface area contributed by atoms with E-state index in [0.717, 1.165) is 28.5 Å². The van der Waals surface area contributed by atoms with Crippen LogP contribution in [0.5, 0.6) is 5.75 Å². The monoisotopic (exact) mass is 393 g/mol. The van der Waals surface area contributed by atoms with E-state index in [1.165, 1.54) is 36.2 Å². The number of rotatable bonds is 3. The Labute approximate surface area is 168 Å². The first-order chi connectivity index (χ1) is 13.6. The molecular weight excluding hydrogens is 370 g/mol. The smallest absolute Gasteiger partial charge is 0.151 e. The fourth-order valence-corrected chi connectivity index (χ4v) is 5.39. The zero-order chi connectivity index (χ0) is 19.1. The summed E-state index contributed by atoms with van der Waals surface area (Å²) in [6.45, 7) is 2.33. The number of nitrogens with zero attached hydrogens (tertiary/aromatic N) is 4. The molecule has 0 spiro atoms. The van der Waals surface area contributed by atoms with Crippen molar-refractivity contribution >= 4 is 17.4 Å². The average molecular weight is 394 g/mol. The zero-order valence-corrected chi connectivity index (χ0v) is 16.6. The van der Waals surface area contributed by atoms with E-state index in [0.29, 0.717) is 11.6 Å². The van der Waals surface area contributed by atoms with Crippen molar-refractivity contribution in [1.29, 1.82) is 0 Å². The van der Waals surface area contributed by atoms with Gasteiger partial charge in [0.1, 0.15) is 10.8 Å². The van der Waals surface area contributed by atoms with Gasteiger partial charge in [-0.15, -0.1) is 10.2 Å². The Balaban J connectivity index is 1.39. The fraction of sp³-hybridized carbons (Fsp3) is 0.381. The predicted molar refractivity (Wildman–Crippen MR) is 111 cm³/mol. The lowest BCUT2D eigenvalue weighted by molar-refractivity contribution is 0.192. The van der Waals surface area contributed by atoms with Crippen molar-refractivity contribution in [3.05, 3.63) is 47.5 Å². The van der Waals surface area contributed by atoms with Gasteiger partial charge in [-0.1, -0.05) is 23.3 Å². The average Bonchev–Trinajstić information content (AvgIpc) is 3.32. The van der Waals surface area contributed by atoms with Gasteiger partial charge in [0.05, 0.1) is 17.6 Å². The minimum Gasteiger partial charge on any atom is -0.507 e. The first-order valence-electron chi connectivity index (χ1n) is 9.70. The molecule has 6 nitrogen and oxygen atoms in total. The molecule has 2 N–H and O–H groups in total. The molecular formula is C21H23N5OS. The molecule has 2 saturated heterocycles. The van der Waals surface area contributed by atoms with Gasteiger partial charge in [0.2, 0.25) is 0 Å². The largest absolute Gasteiger partial charge is 0.507 e. The van der Waals surface area contributed by atoms with E-state index >= 15 is 0 Å². The van der Waals surface area contributed by atoms with Gasteiger partial charge in [0.25, 0.3) is 0 Å². The summed E-state index contributed by atoms with van der Waals surface area (Å²) in [7, 11) is 0. The molecule has 0 amide bonds. The van der Waals surface area contributed by atoms with E-state index in [4.69, 9.17) is 0 Å². The highest BCUT2D eigenvalue weighted by atomic mass is 32.1. The van der Waals surface area contributed by atoms with Gasteiger partial charge in [-0.25, -0.2) is 4.98 Å². The molecule has 2 atom stereocenters. The van der Waals surface area contributed by atoms with Crippen molar-refractivity contribution < 1.29 is 5.11 Å². The SMILES string of the molecule is C[C@@]12CCC[C@@H](C/C(=C\c3nnc(-c4ccc(-n5ccnc5)cc4O)s3)C1)N2. The van der Waals surface area contributed by atoms with Crippen LogP contribution in [0.15, 0.2) is 42.5 Å². The number of benzene rings is 1. The molecule has 0 aliphatic carbocycles. The van der Waals surface area contributed by atoms with Crippen LogP contribution in [0.4, 0.5) is 0 Å². The Hall–Kier alpha value is -2.51. The molecule has 7 heteroatoms. The normalized spacial score (nSPS) is 25.9. The van der Waals surface area contributed by atoms with E-state index in [9.17, 15) is 5.11 Å². The van der Waals surface area contributed by atoms with Gasteiger partial charge < -0.3 is 15.0 Å². The summed E-state index contributed by atoms with van der Waals surface area (Å²) in [5, 5.41) is 24.6. The second-order valence-electron chi connectivity index (χ2n) is 8.09. The lowest BCUT2D eigenvalue weighted by Gasteiger charge is -2.45. The summed E-state index contributed by atoms with van der Waals surface area (Å²) in [5.41, 5.74) is 3.25. The molecule has 2 aromatic heterocycles. The van der Waals surface area contributed by atoms with Crippen LogP contribution in [0.25, 0.3) is 22.3 Å². The number of phenols is 1. The molecule has 2 fully saturated rings. The molecule has 3 aromatic rings. The van der Waals surface area contributed by atoms with Gasteiger partial charge in [-0.05, 0) is 50.8 Å². The summed E-state index contributed by atoms with van der Waals surface area (Å²) < 4.78 is 1.86. The maximum absolute atomic E-state index is 10.5. The highest BCUT2D eigenvalue weighted by Gasteiger charge is 2.36. The molecule has 0 unspecified atom stereocenters. The number of hydrogen-bond donors (Lipinski definition) is 2. The van der Waals surface area contributed by atoms with Crippen LogP contribution >= 0.6 is 11.3 Å². The number of piperidine rings is 2. The molecule has 4 heterocycles. The zero-order valence-electron chi connectivity index (χ0n) is 15.8. The van der Waals surface area contributed by atoms with Crippen LogP contribution in [-0.2, 0) is 0 Å². The van der Waals surface area contributed by atoms with Crippen molar-refractivity contribution in [3.8, 4) is 22.0 Å². The second-order valence-corrected chi connectivity index (χ2v) is 9.10. The Morgan fingerprint density at radius 1 is 1.36 bits per heavy atom. The summed E-state index contributed by atoms with van der Waals surface area (Å²) >= 11 is 1.53. The highest BCUT2D eigenvalue weighted by molar-refractivity contribution is 7.15. The van der Waals surface area contributed by atoms with Crippen molar-refractivity contribution in [2.24, 2.45) is 0 Å². The van der Waals surface area contributed by atoms with E-state index in [2.05, 4.69) is 33.5 Å². The van der Waals surface area contributed by atoms with Crippen LogP contribution in [0.3, 0.4) is 0 Å². The number of nitrogens with one attached hydrogen (secondary N) is 1. The van der Waals surface area contributed by atoms with Crippen molar-refractivity contribution in [2.45, 2.75) is 50.6 Å². The van der Waals surface area contributed by atoms with Gasteiger partial charge in [0, 0.05) is 30.0 Å². The standard InChI is InChI=1S/C21H23N5OS/c1-21-6-2-3-15(23-21)9-14(12-21)10-19-24-25-20(28-19)17-5-4-16(11-18(17)27)26-8-7-22-13-26/h4-5,7-8,10-11,13,15,23,27H,2-3,6,9,12H2,1H3/b14-10+/t15-,21+/m0/s1. The summed E-state index contributed by atoms with van der Waals surface area (Å²) in [6, 6.07) is 6.15. The third kappa shape index (κ3) is 3.36. The van der Waals surface area contributed by atoms with Crippen LogP contribution in [0, 0.1) is 0 Å². The molecule has 1 aromatic carbocycles. The molecule has 0 saturated carbocycles. The maximum Gasteiger partial charge on any atom is 0.151 e. The van der Waals surface area contributed by atoms with Crippen molar-refractivity contribution in [1.82, 2.24) is 25.1 Å². The molecule has 2 aliphatic rings. The van der Waals surface area contributed by atoms with E-state index in [1.807, 2.05) is 22.9 Å². The first-order valence-corrected chi connectivity index (χ1v) is 10.5. The van der Waals surface area contributed by atoms with Crippen LogP contribution < -0.4 is 5.32 Å². The number of imidazole rings is 1. The van der Waals surface area contributed by atoms with Crippen molar-refractivity contribution in [2.75, 3.05) is 0 Å². The number of aromatic nitrogens is 4. The van der Waals surface area contributed by atoms with Crippen LogP contribution in [-0.4, -0.2) is 36.4 Å². The van der Waals surface area contributed by atoms with E-state index < -0.39 is 0 Å².